The summed E-state index contributed by atoms with van der Waals surface area (Å²) in [5, 5.41) is 41.9. The third kappa shape index (κ3) is 14.0. The monoisotopic (exact) mass is 471 g/mol. The summed E-state index contributed by atoms with van der Waals surface area (Å²) in [6.45, 7) is 4.11. The molecule has 0 bridgehead atoms. The lowest BCUT2D eigenvalue weighted by molar-refractivity contribution is -0.144. The van der Waals surface area contributed by atoms with E-state index in [9.17, 15) is 18.3 Å². The van der Waals surface area contributed by atoms with Gasteiger partial charge in [-0.2, -0.15) is 12.7 Å². The first-order chi connectivity index (χ1) is 14.1. The summed E-state index contributed by atoms with van der Waals surface area (Å²) < 4.78 is 28.0. The molecule has 182 valence electrons. The predicted octanol–water partition coefficient (Wildman–Crippen LogP) is -1.23. The SMILES string of the molecule is CC(=O)O.CC(=O)O.CCCCNS(=O)(=O)N1C[C@H](CCCB(O)O)[C@](N)(C(=O)O)C1. The van der Waals surface area contributed by atoms with Crippen LogP contribution in [0.3, 0.4) is 0 Å². The van der Waals surface area contributed by atoms with Crippen molar-refractivity contribution in [3.05, 3.63) is 0 Å². The number of hydrogen-bond acceptors (Lipinski definition) is 8. The first-order valence-corrected chi connectivity index (χ1v) is 11.1. The third-order valence-corrected chi connectivity index (χ3v) is 5.69. The summed E-state index contributed by atoms with van der Waals surface area (Å²) >= 11 is 0. The molecule has 0 aliphatic carbocycles. The van der Waals surface area contributed by atoms with Gasteiger partial charge in [0, 0.05) is 39.4 Å². The van der Waals surface area contributed by atoms with Crippen molar-refractivity contribution in [3.8, 4) is 0 Å². The summed E-state index contributed by atoms with van der Waals surface area (Å²) in [5.41, 5.74) is 4.28. The standard InChI is InChI=1S/C12H26BN3O6S.2C2H4O2/c1-2-3-7-15-23(21,22)16-8-10(5-4-6-13(19)20)12(14,9-16)11(17)18;2*1-2(3)4/h10,15,19-20H,2-9,14H2,1H3,(H,17,18);2*1H3,(H,3,4)/t10-,12-;;/m0../s1. The van der Waals surface area contributed by atoms with Crippen molar-refractivity contribution in [2.24, 2.45) is 11.7 Å². The Kier molecular flexibility index (Phi) is 15.3. The van der Waals surface area contributed by atoms with E-state index >= 15 is 0 Å². The molecule has 0 aromatic heterocycles. The van der Waals surface area contributed by atoms with E-state index in [1.54, 1.807) is 0 Å². The van der Waals surface area contributed by atoms with Gasteiger partial charge in [-0.25, -0.2) is 4.72 Å². The van der Waals surface area contributed by atoms with E-state index < -0.39 is 46.7 Å². The Balaban J connectivity index is 0. The van der Waals surface area contributed by atoms with Crippen LogP contribution >= 0.6 is 0 Å². The van der Waals surface area contributed by atoms with Gasteiger partial charge in [-0.05, 0) is 19.2 Å². The van der Waals surface area contributed by atoms with Crippen molar-refractivity contribution in [3.63, 3.8) is 0 Å². The van der Waals surface area contributed by atoms with Crippen LogP contribution < -0.4 is 10.5 Å². The molecule has 1 rings (SSSR count). The Morgan fingerprint density at radius 1 is 1.13 bits per heavy atom. The zero-order valence-corrected chi connectivity index (χ0v) is 18.8. The Morgan fingerprint density at radius 2 is 1.61 bits per heavy atom. The number of aliphatic carboxylic acids is 3. The average molecular weight is 471 g/mol. The fourth-order valence-electron chi connectivity index (χ4n) is 2.68. The number of hydrogen-bond donors (Lipinski definition) is 7. The average Bonchev–Trinajstić information content (AvgIpc) is 2.93. The molecule has 1 aliphatic heterocycles. The van der Waals surface area contributed by atoms with Gasteiger partial charge in [0.25, 0.3) is 22.1 Å². The molecule has 31 heavy (non-hydrogen) atoms. The molecule has 0 saturated carbocycles. The highest BCUT2D eigenvalue weighted by Crippen LogP contribution is 2.31. The molecule has 0 radical (unpaired) electrons. The van der Waals surface area contributed by atoms with Crippen LogP contribution in [-0.2, 0) is 24.6 Å². The van der Waals surface area contributed by atoms with Crippen LogP contribution in [0, 0.1) is 5.92 Å². The number of carboxylic acid groups (broad SMARTS) is 3. The van der Waals surface area contributed by atoms with Crippen LogP contribution in [0.25, 0.3) is 0 Å². The van der Waals surface area contributed by atoms with Crippen LogP contribution in [0.2, 0.25) is 6.32 Å². The molecular weight excluding hydrogens is 437 g/mol. The maximum atomic E-state index is 12.2. The molecule has 1 saturated heterocycles. The highest BCUT2D eigenvalue weighted by molar-refractivity contribution is 7.87. The lowest BCUT2D eigenvalue weighted by Crippen LogP contribution is -2.55. The van der Waals surface area contributed by atoms with Crippen molar-refractivity contribution in [2.45, 2.75) is 58.3 Å². The molecular formula is C16H34BN3O10S. The molecule has 0 aromatic carbocycles. The van der Waals surface area contributed by atoms with Crippen molar-refractivity contribution < 1.29 is 48.2 Å². The fraction of sp³-hybridized carbons (Fsp3) is 0.812. The van der Waals surface area contributed by atoms with Crippen molar-refractivity contribution in [1.82, 2.24) is 9.03 Å². The second-order valence-corrected chi connectivity index (χ2v) is 8.79. The maximum absolute atomic E-state index is 12.2. The van der Waals surface area contributed by atoms with E-state index in [4.69, 9.17) is 35.6 Å². The van der Waals surface area contributed by atoms with Gasteiger partial charge >= 0.3 is 13.1 Å². The van der Waals surface area contributed by atoms with Crippen LogP contribution in [0.4, 0.5) is 0 Å². The molecule has 15 heteroatoms. The minimum atomic E-state index is -3.77. The van der Waals surface area contributed by atoms with Gasteiger partial charge in [-0.15, -0.1) is 0 Å². The number of carbonyl (C=O) groups is 3. The number of nitrogens with two attached hydrogens (primary N) is 1. The predicted molar refractivity (Wildman–Crippen MR) is 112 cm³/mol. The molecule has 2 atom stereocenters. The number of carboxylic acids is 3. The van der Waals surface area contributed by atoms with Crippen molar-refractivity contribution in [1.29, 1.82) is 0 Å². The molecule has 0 amide bonds. The van der Waals surface area contributed by atoms with Gasteiger partial charge in [0.05, 0.1) is 0 Å². The van der Waals surface area contributed by atoms with E-state index in [-0.39, 0.29) is 19.4 Å². The molecule has 1 fully saturated rings. The Bertz CT molecular complexity index is 657. The topological polar surface area (TPSA) is 228 Å². The lowest BCUT2D eigenvalue weighted by atomic mass is 9.78. The minimum Gasteiger partial charge on any atom is -0.481 e. The van der Waals surface area contributed by atoms with Gasteiger partial charge in [0.15, 0.2) is 0 Å². The summed E-state index contributed by atoms with van der Waals surface area (Å²) in [5.74, 6) is -3.50. The minimum absolute atomic E-state index is 0.00574. The first-order valence-electron chi connectivity index (χ1n) is 9.62. The zero-order valence-electron chi connectivity index (χ0n) is 18.0. The second kappa shape index (κ2) is 15.1. The molecule has 1 heterocycles. The first kappa shape index (κ1) is 31.4. The summed E-state index contributed by atoms with van der Waals surface area (Å²) in [6.07, 6.45) is 2.28. The van der Waals surface area contributed by atoms with Crippen molar-refractivity contribution in [2.75, 3.05) is 19.6 Å². The number of rotatable bonds is 10. The fourth-order valence-corrected chi connectivity index (χ4v) is 4.03. The van der Waals surface area contributed by atoms with Crippen LogP contribution in [0.5, 0.6) is 0 Å². The maximum Gasteiger partial charge on any atom is 0.451 e. The van der Waals surface area contributed by atoms with Crippen LogP contribution in [0.1, 0.15) is 46.5 Å². The normalized spacial score (nSPS) is 20.6. The molecule has 0 spiro atoms. The van der Waals surface area contributed by atoms with Crippen LogP contribution in [0.15, 0.2) is 0 Å². The van der Waals surface area contributed by atoms with E-state index in [0.717, 1.165) is 24.6 Å². The van der Waals surface area contributed by atoms with Gasteiger partial charge < -0.3 is 31.1 Å². The summed E-state index contributed by atoms with van der Waals surface area (Å²) in [4.78, 5) is 29.5. The number of nitrogens with zero attached hydrogens (tertiary/aromatic N) is 1. The van der Waals surface area contributed by atoms with Gasteiger partial charge in [0.1, 0.15) is 5.54 Å². The molecule has 13 nitrogen and oxygen atoms in total. The highest BCUT2D eigenvalue weighted by atomic mass is 32.2. The Hall–Kier alpha value is -1.78. The van der Waals surface area contributed by atoms with E-state index in [1.165, 1.54) is 0 Å². The van der Waals surface area contributed by atoms with Gasteiger partial charge in [0.2, 0.25) is 0 Å². The van der Waals surface area contributed by atoms with Gasteiger partial charge in [-0.1, -0.05) is 19.8 Å². The third-order valence-electron chi connectivity index (χ3n) is 4.16. The largest absolute Gasteiger partial charge is 0.481 e. The Labute approximate surface area is 182 Å². The van der Waals surface area contributed by atoms with E-state index in [0.29, 0.717) is 25.8 Å². The van der Waals surface area contributed by atoms with E-state index in [2.05, 4.69) is 4.72 Å². The zero-order chi connectivity index (χ0) is 24.8. The Morgan fingerprint density at radius 3 is 2.00 bits per heavy atom. The van der Waals surface area contributed by atoms with Crippen molar-refractivity contribution >= 4 is 35.2 Å². The summed E-state index contributed by atoms with van der Waals surface area (Å²) in [7, 11) is -5.24. The number of nitrogens with one attached hydrogen (secondary N) is 1. The highest BCUT2D eigenvalue weighted by Gasteiger charge is 2.52. The molecule has 0 unspecified atom stereocenters. The summed E-state index contributed by atoms with van der Waals surface area (Å²) in [6, 6.07) is 0. The molecule has 8 N–H and O–H groups in total. The second-order valence-electron chi connectivity index (χ2n) is 7.04. The quantitative estimate of drug-likeness (QED) is 0.147. The van der Waals surface area contributed by atoms with Crippen LogP contribution in [-0.4, -0.2) is 88.3 Å². The van der Waals surface area contributed by atoms with E-state index in [1.807, 2.05) is 6.92 Å². The van der Waals surface area contributed by atoms with Gasteiger partial charge in [-0.3, -0.25) is 14.4 Å². The molecule has 1 aliphatic rings. The molecule has 0 aromatic rings. The number of unbranched alkanes of at least 4 members (excludes halogenated alkanes) is 1. The smallest absolute Gasteiger partial charge is 0.451 e. The lowest BCUT2D eigenvalue weighted by Gasteiger charge is -2.25.